The fraction of sp³-hybridized carbons (Fsp3) is 0.222. The van der Waals surface area contributed by atoms with Crippen LogP contribution >= 0.6 is 0 Å². The van der Waals surface area contributed by atoms with Gasteiger partial charge in [0.25, 0.3) is 5.91 Å². The van der Waals surface area contributed by atoms with Gasteiger partial charge in [-0.2, -0.15) is 20.5 Å². The number of amides is 1. The Morgan fingerprint density at radius 2 is 2.08 bits per heavy atom. The third-order valence-electron chi connectivity index (χ3n) is 4.50. The molecule has 2 aromatic heterocycles. The minimum atomic E-state index is -0.224. The summed E-state index contributed by atoms with van der Waals surface area (Å²) in [6.07, 6.45) is 1.42. The Morgan fingerprint density at radius 3 is 2.92 bits per heavy atom. The highest BCUT2D eigenvalue weighted by molar-refractivity contribution is 6.10. The van der Waals surface area contributed by atoms with Gasteiger partial charge in [-0.3, -0.25) is 9.89 Å². The number of H-pyrrole nitrogens is 2. The Bertz CT molecular complexity index is 1100. The molecule has 132 valence electrons. The number of aromatic nitrogens is 5. The van der Waals surface area contributed by atoms with E-state index in [0.717, 1.165) is 34.0 Å². The molecule has 0 saturated carbocycles. The van der Waals surface area contributed by atoms with Crippen LogP contribution in [0.4, 0.5) is 5.82 Å². The van der Waals surface area contributed by atoms with E-state index < -0.39 is 0 Å². The second-order valence-electron chi connectivity index (χ2n) is 6.20. The molecule has 0 fully saturated rings. The fourth-order valence-electron chi connectivity index (χ4n) is 3.23. The summed E-state index contributed by atoms with van der Waals surface area (Å²) in [5, 5.41) is 22.0. The fourth-order valence-corrected chi connectivity index (χ4v) is 3.23. The van der Waals surface area contributed by atoms with Crippen molar-refractivity contribution in [3.63, 3.8) is 0 Å². The predicted octanol–water partition coefficient (Wildman–Crippen LogP) is 2.29. The number of anilines is 1. The molecular weight excluding hydrogens is 330 g/mol. The second kappa shape index (κ2) is 6.57. The van der Waals surface area contributed by atoms with Gasteiger partial charge in [-0.25, -0.2) is 0 Å². The minimum Gasteiger partial charge on any atom is -0.330 e. The van der Waals surface area contributed by atoms with Crippen molar-refractivity contribution in [2.24, 2.45) is 5.73 Å². The number of benzene rings is 2. The minimum absolute atomic E-state index is 0.224. The lowest BCUT2D eigenvalue weighted by Crippen LogP contribution is -2.16. The molecule has 2 aromatic carbocycles. The Balaban J connectivity index is 1.73. The molecule has 5 N–H and O–H groups in total. The first-order chi connectivity index (χ1) is 12.7. The number of rotatable bonds is 5. The van der Waals surface area contributed by atoms with Crippen LogP contribution in [0.5, 0.6) is 0 Å². The first-order valence-corrected chi connectivity index (χ1v) is 8.46. The van der Waals surface area contributed by atoms with E-state index in [1.807, 2.05) is 25.1 Å². The van der Waals surface area contributed by atoms with E-state index in [-0.39, 0.29) is 5.91 Å². The van der Waals surface area contributed by atoms with Crippen LogP contribution in [0.25, 0.3) is 21.9 Å². The average molecular weight is 349 g/mol. The van der Waals surface area contributed by atoms with E-state index in [4.69, 9.17) is 5.73 Å². The van der Waals surface area contributed by atoms with E-state index in [1.54, 1.807) is 12.1 Å². The zero-order valence-corrected chi connectivity index (χ0v) is 14.3. The normalized spacial score (nSPS) is 11.3. The van der Waals surface area contributed by atoms with E-state index in [2.05, 4.69) is 30.9 Å². The third-order valence-corrected chi connectivity index (χ3v) is 4.50. The maximum atomic E-state index is 13.0. The number of aromatic amines is 2. The van der Waals surface area contributed by atoms with Crippen LogP contribution in [-0.2, 0) is 6.42 Å². The molecule has 0 aliphatic rings. The maximum absolute atomic E-state index is 13.0. The summed E-state index contributed by atoms with van der Waals surface area (Å²) < 4.78 is 0. The first-order valence-electron chi connectivity index (χ1n) is 8.46. The number of nitrogens with zero attached hydrogens (tertiary/aromatic N) is 3. The maximum Gasteiger partial charge on any atom is 0.257 e. The lowest BCUT2D eigenvalue weighted by Gasteiger charge is -2.10. The molecule has 4 rings (SSSR count). The second-order valence-corrected chi connectivity index (χ2v) is 6.20. The van der Waals surface area contributed by atoms with Gasteiger partial charge < -0.3 is 11.1 Å². The van der Waals surface area contributed by atoms with E-state index in [1.165, 1.54) is 0 Å². The summed E-state index contributed by atoms with van der Waals surface area (Å²) in [6.45, 7) is 2.53. The van der Waals surface area contributed by atoms with Crippen molar-refractivity contribution in [1.29, 1.82) is 0 Å². The number of hydrogen-bond donors (Lipinski definition) is 4. The van der Waals surface area contributed by atoms with Crippen molar-refractivity contribution in [2.45, 2.75) is 19.8 Å². The van der Waals surface area contributed by atoms with Gasteiger partial charge in [0.1, 0.15) is 11.0 Å². The van der Waals surface area contributed by atoms with Crippen molar-refractivity contribution in [2.75, 3.05) is 11.9 Å². The van der Waals surface area contributed by atoms with Gasteiger partial charge in [0.05, 0.1) is 5.52 Å². The van der Waals surface area contributed by atoms with Crippen molar-refractivity contribution in [3.8, 4) is 0 Å². The summed E-state index contributed by atoms with van der Waals surface area (Å²) in [5.74, 6) is 0.298. The van der Waals surface area contributed by atoms with Crippen molar-refractivity contribution >= 4 is 33.7 Å². The number of aryl methyl sites for hydroxylation is 2. The van der Waals surface area contributed by atoms with Gasteiger partial charge in [-0.1, -0.05) is 12.1 Å². The highest BCUT2D eigenvalue weighted by Gasteiger charge is 2.18. The Morgan fingerprint density at radius 1 is 1.19 bits per heavy atom. The topological polar surface area (TPSA) is 125 Å². The molecule has 8 heteroatoms. The molecule has 0 atom stereocenters. The van der Waals surface area contributed by atoms with E-state index in [0.29, 0.717) is 29.9 Å². The zero-order valence-electron chi connectivity index (χ0n) is 14.3. The number of nitrogens with one attached hydrogen (secondary N) is 3. The number of nitrogens with two attached hydrogens (primary N) is 1. The Hall–Kier alpha value is -3.26. The summed E-state index contributed by atoms with van der Waals surface area (Å²) >= 11 is 0. The van der Waals surface area contributed by atoms with E-state index in [9.17, 15) is 4.79 Å². The van der Waals surface area contributed by atoms with Gasteiger partial charge >= 0.3 is 0 Å². The smallest absolute Gasteiger partial charge is 0.257 e. The average Bonchev–Trinajstić information content (AvgIpc) is 3.27. The van der Waals surface area contributed by atoms with Crippen LogP contribution in [-0.4, -0.2) is 38.1 Å². The van der Waals surface area contributed by atoms with Crippen molar-refractivity contribution in [1.82, 2.24) is 25.6 Å². The first kappa shape index (κ1) is 16.2. The van der Waals surface area contributed by atoms with Gasteiger partial charge in [0.2, 0.25) is 0 Å². The number of hydrogen-bond acceptors (Lipinski definition) is 5. The van der Waals surface area contributed by atoms with Crippen molar-refractivity contribution in [3.05, 3.63) is 47.0 Å². The number of fused-ring (bicyclic) bond motifs is 2. The zero-order chi connectivity index (χ0) is 18.1. The Kier molecular flexibility index (Phi) is 4.10. The summed E-state index contributed by atoms with van der Waals surface area (Å²) in [6, 6.07) is 9.42. The van der Waals surface area contributed by atoms with Gasteiger partial charge in [0, 0.05) is 10.9 Å². The Labute approximate surface area is 149 Å². The van der Waals surface area contributed by atoms with Gasteiger partial charge in [0.15, 0.2) is 5.82 Å². The molecule has 0 radical (unpaired) electrons. The third kappa shape index (κ3) is 2.70. The van der Waals surface area contributed by atoms with Crippen LogP contribution in [0.15, 0.2) is 30.3 Å². The SMILES string of the molecule is Cc1cccc2[nH]nc(NC(=O)c3ccc4n[nH]nc4c3CCCN)c12. The van der Waals surface area contributed by atoms with Crippen LogP contribution in [0, 0.1) is 6.92 Å². The number of carbonyl (C=O) groups excluding carboxylic acids is 1. The molecule has 4 aromatic rings. The van der Waals surface area contributed by atoms with Crippen LogP contribution in [0.3, 0.4) is 0 Å². The molecule has 0 bridgehead atoms. The molecule has 0 aliphatic heterocycles. The summed E-state index contributed by atoms with van der Waals surface area (Å²) in [7, 11) is 0. The molecule has 8 nitrogen and oxygen atoms in total. The molecule has 26 heavy (non-hydrogen) atoms. The summed E-state index contributed by atoms with van der Waals surface area (Å²) in [4.78, 5) is 13.0. The largest absolute Gasteiger partial charge is 0.330 e. The molecule has 0 spiro atoms. The molecule has 1 amide bonds. The molecule has 0 saturated heterocycles. The van der Waals surface area contributed by atoms with Crippen LogP contribution in [0.1, 0.15) is 27.9 Å². The lowest BCUT2D eigenvalue weighted by atomic mass is 10.00. The predicted molar refractivity (Wildman–Crippen MR) is 100 cm³/mol. The van der Waals surface area contributed by atoms with Gasteiger partial charge in [-0.05, 0) is 55.6 Å². The van der Waals surface area contributed by atoms with E-state index >= 15 is 0 Å². The highest BCUT2D eigenvalue weighted by Crippen LogP contribution is 2.26. The molecule has 0 aliphatic carbocycles. The molecular formula is C18H19N7O. The standard InChI is InChI=1S/C18H19N7O/c1-10-4-2-6-13-15(10)17(24-21-13)20-18(26)12-7-8-14-16(23-25-22-14)11(12)5-3-9-19/h2,4,6-8H,3,5,9,19H2,1H3,(H,22,23,25)(H2,20,21,24,26). The van der Waals surface area contributed by atoms with Crippen LogP contribution < -0.4 is 11.1 Å². The summed E-state index contributed by atoms with van der Waals surface area (Å²) in [5.41, 5.74) is 10.4. The monoisotopic (exact) mass is 349 g/mol. The highest BCUT2D eigenvalue weighted by atomic mass is 16.1. The number of carbonyl (C=O) groups is 1. The van der Waals surface area contributed by atoms with Crippen LogP contribution in [0.2, 0.25) is 0 Å². The van der Waals surface area contributed by atoms with Crippen molar-refractivity contribution < 1.29 is 4.79 Å². The quantitative estimate of drug-likeness (QED) is 0.440. The molecule has 2 heterocycles. The lowest BCUT2D eigenvalue weighted by molar-refractivity contribution is 0.102. The van der Waals surface area contributed by atoms with Gasteiger partial charge in [-0.15, -0.1) is 0 Å². The molecule has 0 unspecified atom stereocenters.